The summed E-state index contributed by atoms with van der Waals surface area (Å²) in [6.45, 7) is 3.76. The van der Waals surface area contributed by atoms with E-state index < -0.39 is 0 Å². The third-order valence-corrected chi connectivity index (χ3v) is 1.64. The number of nitrogens with one attached hydrogen (secondary N) is 1. The van der Waals surface area contributed by atoms with Crippen LogP contribution >= 0.6 is 0 Å². The van der Waals surface area contributed by atoms with Gasteiger partial charge < -0.3 is 10.2 Å². The smallest absolute Gasteiger partial charge is 0.220 e. The Hall–Kier alpha value is -0.570. The molecule has 1 N–H and O–H groups in total. The van der Waals surface area contributed by atoms with Gasteiger partial charge >= 0.3 is 0 Å². The summed E-state index contributed by atoms with van der Waals surface area (Å²) < 4.78 is 0. The second-order valence-corrected chi connectivity index (χ2v) is 3.26. The maximum absolute atomic E-state index is 11.1. The van der Waals surface area contributed by atoms with Crippen molar-refractivity contribution in [1.82, 2.24) is 10.2 Å². The predicted octanol–water partition coefficient (Wildman–Crippen LogP) is 0.854. The van der Waals surface area contributed by atoms with E-state index in [2.05, 4.69) is 17.1 Å². The van der Waals surface area contributed by atoms with Crippen LogP contribution < -0.4 is 5.32 Å². The fourth-order valence-electron chi connectivity index (χ4n) is 0.845. The molecular weight excluding hydrogens is 152 g/mol. The summed E-state index contributed by atoms with van der Waals surface area (Å²) in [5.74, 6) is 0.179. The van der Waals surface area contributed by atoms with E-state index in [4.69, 9.17) is 0 Å². The molecule has 12 heavy (non-hydrogen) atoms. The van der Waals surface area contributed by atoms with Gasteiger partial charge in [-0.2, -0.15) is 0 Å². The van der Waals surface area contributed by atoms with Crippen molar-refractivity contribution < 1.29 is 4.79 Å². The summed E-state index contributed by atoms with van der Waals surface area (Å²) in [6, 6.07) is 0. The van der Waals surface area contributed by atoms with Crippen molar-refractivity contribution >= 4 is 5.91 Å². The summed E-state index contributed by atoms with van der Waals surface area (Å²) in [5, 5.41) is 2.87. The molecule has 0 atom stereocenters. The van der Waals surface area contributed by atoms with Crippen molar-refractivity contribution in [3.63, 3.8) is 0 Å². The quantitative estimate of drug-likeness (QED) is 0.644. The molecule has 0 aliphatic carbocycles. The van der Waals surface area contributed by atoms with Gasteiger partial charge in [-0.3, -0.25) is 4.79 Å². The Morgan fingerprint density at radius 1 is 1.42 bits per heavy atom. The molecule has 1 amide bonds. The third kappa shape index (κ3) is 7.54. The minimum Gasteiger partial charge on any atom is -0.355 e. The average Bonchev–Trinajstić information content (AvgIpc) is 2.00. The number of hydrogen-bond donors (Lipinski definition) is 1. The van der Waals surface area contributed by atoms with Crippen molar-refractivity contribution in [3.8, 4) is 0 Å². The highest BCUT2D eigenvalue weighted by atomic mass is 16.1. The molecule has 0 aromatic rings. The van der Waals surface area contributed by atoms with Crippen molar-refractivity contribution in [2.45, 2.75) is 26.2 Å². The van der Waals surface area contributed by atoms with Crippen molar-refractivity contribution in [1.29, 1.82) is 0 Å². The molecule has 0 heterocycles. The van der Waals surface area contributed by atoms with E-state index in [1.54, 1.807) is 0 Å². The molecule has 0 fully saturated rings. The molecule has 3 heteroatoms. The second kappa shape index (κ2) is 7.10. The number of nitrogens with zero attached hydrogens (tertiary/aromatic N) is 1. The van der Waals surface area contributed by atoms with Crippen molar-refractivity contribution in [2.24, 2.45) is 0 Å². The minimum absolute atomic E-state index is 0.179. The summed E-state index contributed by atoms with van der Waals surface area (Å²) in [6.07, 6.45) is 2.75. The van der Waals surface area contributed by atoms with Gasteiger partial charge in [0, 0.05) is 19.5 Å². The standard InChI is InChI=1S/C9H20N2O/c1-4-5-6-9(12)10-7-8-11(2)3/h4-8H2,1-3H3,(H,10,12). The fourth-order valence-corrected chi connectivity index (χ4v) is 0.845. The van der Waals surface area contributed by atoms with Gasteiger partial charge in [-0.1, -0.05) is 13.3 Å². The van der Waals surface area contributed by atoms with E-state index in [9.17, 15) is 4.79 Å². The Kier molecular flexibility index (Phi) is 6.76. The Morgan fingerprint density at radius 2 is 2.08 bits per heavy atom. The molecular formula is C9H20N2O. The zero-order valence-electron chi connectivity index (χ0n) is 8.39. The van der Waals surface area contributed by atoms with E-state index in [1.807, 2.05) is 14.1 Å². The molecule has 0 unspecified atom stereocenters. The molecule has 3 nitrogen and oxygen atoms in total. The predicted molar refractivity (Wildman–Crippen MR) is 51.1 cm³/mol. The van der Waals surface area contributed by atoms with Crippen LogP contribution in [0.2, 0.25) is 0 Å². The highest BCUT2D eigenvalue weighted by Gasteiger charge is 1.98. The molecule has 0 rings (SSSR count). The Balaban J connectivity index is 3.20. The monoisotopic (exact) mass is 172 g/mol. The second-order valence-electron chi connectivity index (χ2n) is 3.26. The van der Waals surface area contributed by atoms with Gasteiger partial charge in [-0.15, -0.1) is 0 Å². The lowest BCUT2D eigenvalue weighted by atomic mass is 10.2. The molecule has 0 spiro atoms. The van der Waals surface area contributed by atoms with E-state index >= 15 is 0 Å². The molecule has 0 radical (unpaired) electrons. The summed E-state index contributed by atoms with van der Waals surface area (Å²) >= 11 is 0. The number of unbranched alkanes of at least 4 members (excludes halogenated alkanes) is 1. The molecule has 0 aromatic heterocycles. The molecule has 0 aliphatic heterocycles. The zero-order chi connectivity index (χ0) is 9.40. The van der Waals surface area contributed by atoms with E-state index in [0.717, 1.165) is 25.9 Å². The third-order valence-electron chi connectivity index (χ3n) is 1.64. The van der Waals surface area contributed by atoms with Gasteiger partial charge in [-0.25, -0.2) is 0 Å². The maximum atomic E-state index is 11.1. The highest BCUT2D eigenvalue weighted by molar-refractivity contribution is 5.75. The van der Waals surface area contributed by atoms with Gasteiger partial charge in [0.15, 0.2) is 0 Å². The number of hydrogen-bond acceptors (Lipinski definition) is 2. The molecule has 72 valence electrons. The maximum Gasteiger partial charge on any atom is 0.220 e. The van der Waals surface area contributed by atoms with Crippen LogP contribution in [0.3, 0.4) is 0 Å². The van der Waals surface area contributed by atoms with Gasteiger partial charge in [0.25, 0.3) is 0 Å². The van der Waals surface area contributed by atoms with Crippen LogP contribution in [0.5, 0.6) is 0 Å². The lowest BCUT2D eigenvalue weighted by Gasteiger charge is -2.09. The van der Waals surface area contributed by atoms with Gasteiger partial charge in [0.1, 0.15) is 0 Å². The summed E-state index contributed by atoms with van der Waals surface area (Å²) in [5.41, 5.74) is 0. The Bertz CT molecular complexity index is 124. The van der Waals surface area contributed by atoms with Crippen LogP contribution in [-0.4, -0.2) is 38.0 Å². The van der Waals surface area contributed by atoms with Crippen LogP contribution in [0, 0.1) is 0 Å². The molecule has 0 saturated carbocycles. The van der Waals surface area contributed by atoms with Crippen LogP contribution in [0.1, 0.15) is 26.2 Å². The first-order valence-corrected chi connectivity index (χ1v) is 4.58. The summed E-state index contributed by atoms with van der Waals surface area (Å²) in [4.78, 5) is 13.1. The van der Waals surface area contributed by atoms with Gasteiger partial charge in [0.05, 0.1) is 0 Å². The number of likely N-dealkylation sites (N-methyl/N-ethyl adjacent to an activating group) is 1. The lowest BCUT2D eigenvalue weighted by molar-refractivity contribution is -0.121. The number of carbonyl (C=O) groups excluding carboxylic acids is 1. The zero-order valence-corrected chi connectivity index (χ0v) is 8.39. The molecule has 0 saturated heterocycles. The highest BCUT2D eigenvalue weighted by Crippen LogP contribution is 1.92. The normalized spacial score (nSPS) is 10.3. The van der Waals surface area contributed by atoms with E-state index in [1.165, 1.54) is 0 Å². The van der Waals surface area contributed by atoms with Crippen molar-refractivity contribution in [3.05, 3.63) is 0 Å². The SMILES string of the molecule is CCCCC(=O)NCCN(C)C. The number of amides is 1. The van der Waals surface area contributed by atoms with E-state index in [0.29, 0.717) is 6.42 Å². The van der Waals surface area contributed by atoms with Crippen LogP contribution in [0.4, 0.5) is 0 Å². The lowest BCUT2D eigenvalue weighted by Crippen LogP contribution is -2.31. The largest absolute Gasteiger partial charge is 0.355 e. The Morgan fingerprint density at radius 3 is 2.58 bits per heavy atom. The van der Waals surface area contributed by atoms with Crippen LogP contribution in [0.25, 0.3) is 0 Å². The topological polar surface area (TPSA) is 32.3 Å². The minimum atomic E-state index is 0.179. The average molecular weight is 172 g/mol. The first-order valence-electron chi connectivity index (χ1n) is 4.58. The molecule has 0 aromatic carbocycles. The first kappa shape index (κ1) is 11.4. The number of rotatable bonds is 6. The van der Waals surface area contributed by atoms with Gasteiger partial charge in [0.2, 0.25) is 5.91 Å². The fraction of sp³-hybridized carbons (Fsp3) is 0.889. The van der Waals surface area contributed by atoms with E-state index in [-0.39, 0.29) is 5.91 Å². The van der Waals surface area contributed by atoms with Crippen LogP contribution in [0.15, 0.2) is 0 Å². The molecule has 0 aliphatic rings. The molecule has 0 bridgehead atoms. The number of carbonyl (C=O) groups is 1. The van der Waals surface area contributed by atoms with Crippen LogP contribution in [-0.2, 0) is 4.79 Å². The van der Waals surface area contributed by atoms with Gasteiger partial charge in [-0.05, 0) is 20.5 Å². The van der Waals surface area contributed by atoms with Crippen molar-refractivity contribution in [2.75, 3.05) is 27.2 Å². The first-order chi connectivity index (χ1) is 5.66. The Labute approximate surface area is 75.1 Å². The summed E-state index contributed by atoms with van der Waals surface area (Å²) in [7, 11) is 4.00.